The zero-order valence-electron chi connectivity index (χ0n) is 37.5. The van der Waals surface area contributed by atoms with Gasteiger partial charge in [-0.05, 0) is 76.8 Å². The number of fused-ring (bicyclic) bond motifs is 3. The van der Waals surface area contributed by atoms with Crippen molar-refractivity contribution in [3.8, 4) is 33.6 Å². The predicted molar refractivity (Wildman–Crippen MR) is 187 cm³/mol. The molecule has 0 unspecified atom stereocenters. The van der Waals surface area contributed by atoms with Gasteiger partial charge in [0.25, 0.3) is 0 Å². The van der Waals surface area contributed by atoms with Crippen LogP contribution in [0, 0.1) is 39.5 Å². The van der Waals surface area contributed by atoms with Gasteiger partial charge in [-0.25, -0.2) is 0 Å². The first-order valence-corrected chi connectivity index (χ1v) is 14.4. The molecular weight excluding hydrogens is 741 g/mol. The minimum Gasteiger partial charge on any atom is -0.501 e. The van der Waals surface area contributed by atoms with Crippen LogP contribution in [0.2, 0.25) is 0 Å². The van der Waals surface area contributed by atoms with Gasteiger partial charge in [0.05, 0.1) is 5.58 Å². The molecular formula is C42H38IrN2O-2. The molecule has 1 radical (unpaired) electrons. The molecule has 0 spiro atoms. The maximum absolute atomic E-state index is 8.23. The molecule has 233 valence electrons. The quantitative estimate of drug-likeness (QED) is 0.167. The predicted octanol–water partition coefficient (Wildman–Crippen LogP) is 11.2. The number of hydrogen-bond acceptors (Lipinski definition) is 3. The Kier molecular flexibility index (Phi) is 6.09. The summed E-state index contributed by atoms with van der Waals surface area (Å²) in [7, 11) is 0. The first kappa shape index (κ1) is 20.7. The van der Waals surface area contributed by atoms with Gasteiger partial charge in [-0.3, -0.25) is 0 Å². The molecule has 7 rings (SSSR count). The third-order valence-electron chi connectivity index (χ3n) is 7.53. The smallest absolute Gasteiger partial charge is 0.120 e. The number of nitrogens with zero attached hydrogens (tertiary/aromatic N) is 2. The third kappa shape index (κ3) is 6.89. The summed E-state index contributed by atoms with van der Waals surface area (Å²) in [6.07, 6.45) is 2.61. The minimum atomic E-state index is -2.50. The number of aromatic nitrogens is 2. The van der Waals surface area contributed by atoms with E-state index in [1.807, 2.05) is 57.2 Å². The fourth-order valence-corrected chi connectivity index (χ4v) is 5.08. The molecule has 3 nitrogen and oxygen atoms in total. The number of aryl methyl sites for hydroxylation is 4. The summed E-state index contributed by atoms with van der Waals surface area (Å²) in [5, 5.41) is 1.85. The van der Waals surface area contributed by atoms with E-state index in [0.29, 0.717) is 39.2 Å². The number of para-hydroxylation sites is 1. The van der Waals surface area contributed by atoms with Gasteiger partial charge < -0.3 is 14.4 Å². The molecule has 4 heteroatoms. The summed E-state index contributed by atoms with van der Waals surface area (Å²) in [6, 6.07) is 31.9. The Morgan fingerprint density at radius 3 is 2.22 bits per heavy atom. The van der Waals surface area contributed by atoms with Gasteiger partial charge in [0.15, 0.2) is 0 Å². The zero-order valence-corrected chi connectivity index (χ0v) is 27.8. The van der Waals surface area contributed by atoms with Crippen LogP contribution in [0.15, 0.2) is 108 Å². The van der Waals surface area contributed by atoms with Crippen LogP contribution < -0.4 is 0 Å². The number of pyridine rings is 2. The Hall–Kier alpha value is -4.37. The Morgan fingerprint density at radius 2 is 1.50 bits per heavy atom. The maximum Gasteiger partial charge on any atom is 0.120 e. The standard InChI is InChI=1S/C29H26NO.C13H12N.Ir/c1-18-15-20(29(3,4)5)13-14-21(18)25-16-26(30-17-19(25)2)24-11-8-10-23-22-9-6-7-12-27(22)31-28(23)24;1-10-3-6-12(7-4-10)13-8-5-11(2)9-14-13;/h6-10,12-17H,1-5H3;3-6,8-9H,1-2H3;/q2*-1;/i2*1D3,2D3;. The van der Waals surface area contributed by atoms with Crippen molar-refractivity contribution >= 4 is 21.9 Å². The fraction of sp³-hybridized carbons (Fsp3) is 0.190. The molecule has 0 aliphatic heterocycles. The maximum atomic E-state index is 8.23. The monoisotopic (exact) mass is 791 g/mol. The average Bonchev–Trinajstić information content (AvgIpc) is 3.52. The second kappa shape index (κ2) is 13.5. The van der Waals surface area contributed by atoms with Gasteiger partial charge in [-0.15, -0.1) is 53.6 Å². The molecule has 3 aromatic heterocycles. The molecule has 0 amide bonds. The number of benzene rings is 4. The van der Waals surface area contributed by atoms with Crippen molar-refractivity contribution in [2.24, 2.45) is 0 Å². The molecule has 0 N–H and O–H groups in total. The van der Waals surface area contributed by atoms with Crippen LogP contribution in [-0.2, 0) is 25.5 Å². The summed E-state index contributed by atoms with van der Waals surface area (Å²) in [5.74, 6) is 0. The van der Waals surface area contributed by atoms with E-state index in [2.05, 4.69) is 22.1 Å². The Bertz CT molecular complexity index is 2490. The fourth-order valence-electron chi connectivity index (χ4n) is 5.08. The minimum absolute atomic E-state index is 0. The van der Waals surface area contributed by atoms with Crippen LogP contribution in [0.1, 0.15) is 65.0 Å². The van der Waals surface area contributed by atoms with Gasteiger partial charge in [0.2, 0.25) is 0 Å². The van der Waals surface area contributed by atoms with E-state index in [-0.39, 0.29) is 47.8 Å². The normalized spacial score (nSPS) is 16.2. The summed E-state index contributed by atoms with van der Waals surface area (Å²) in [5.41, 5.74) is 5.20. The van der Waals surface area contributed by atoms with Gasteiger partial charge in [0, 0.05) is 54.3 Å². The third-order valence-corrected chi connectivity index (χ3v) is 7.53. The summed E-state index contributed by atoms with van der Waals surface area (Å²) in [4.78, 5) is 8.55. The topological polar surface area (TPSA) is 38.9 Å². The number of furan rings is 1. The molecule has 7 aromatic rings. The van der Waals surface area contributed by atoms with E-state index in [1.165, 1.54) is 30.6 Å². The number of hydrogen-bond donors (Lipinski definition) is 0. The van der Waals surface area contributed by atoms with Crippen molar-refractivity contribution in [1.29, 1.82) is 0 Å². The molecule has 0 saturated carbocycles. The van der Waals surface area contributed by atoms with E-state index < -0.39 is 27.4 Å². The average molecular weight is 791 g/mol. The first-order chi connectivity index (χ1) is 26.4. The Balaban J connectivity index is 0.000000259. The molecule has 46 heavy (non-hydrogen) atoms. The van der Waals surface area contributed by atoms with Crippen molar-refractivity contribution in [2.75, 3.05) is 0 Å². The van der Waals surface area contributed by atoms with E-state index >= 15 is 0 Å². The SMILES string of the molecule is [2H]C([2H])([2H])c1c[c-]c(-c2ccc(C([2H])([2H])[2H])cn2)cc1.[2H]C([2H])([2H])c1cnc(-c2[c-]ccc3c2oc2ccccc23)cc1-c1ccc(C(C)(C)C)cc1C([2H])([2H])[2H].[Ir]. The molecule has 0 fully saturated rings. The first-order valence-electron chi connectivity index (χ1n) is 20.4. The van der Waals surface area contributed by atoms with Crippen LogP contribution in [0.25, 0.3) is 55.6 Å². The Morgan fingerprint density at radius 1 is 0.696 bits per heavy atom. The second-order valence-electron chi connectivity index (χ2n) is 11.7. The molecule has 0 atom stereocenters. The Labute approximate surface area is 303 Å². The van der Waals surface area contributed by atoms with Gasteiger partial charge >= 0.3 is 0 Å². The van der Waals surface area contributed by atoms with E-state index in [9.17, 15) is 0 Å². The van der Waals surface area contributed by atoms with E-state index in [1.54, 1.807) is 36.4 Å². The van der Waals surface area contributed by atoms with E-state index in [4.69, 9.17) is 20.9 Å². The van der Waals surface area contributed by atoms with Crippen molar-refractivity contribution in [3.63, 3.8) is 0 Å². The van der Waals surface area contributed by atoms with Gasteiger partial charge in [-0.1, -0.05) is 93.2 Å². The molecule has 0 aliphatic rings. The van der Waals surface area contributed by atoms with Gasteiger partial charge in [-0.2, -0.15) is 0 Å². The summed E-state index contributed by atoms with van der Waals surface area (Å²) < 4.78 is 98.9. The van der Waals surface area contributed by atoms with Crippen molar-refractivity contribution in [3.05, 3.63) is 143 Å². The van der Waals surface area contributed by atoms with Crippen molar-refractivity contribution in [2.45, 2.75) is 53.6 Å². The van der Waals surface area contributed by atoms with Crippen LogP contribution in [0.5, 0.6) is 0 Å². The molecule has 0 saturated heterocycles. The van der Waals surface area contributed by atoms with Crippen LogP contribution in [0.3, 0.4) is 0 Å². The van der Waals surface area contributed by atoms with Crippen LogP contribution >= 0.6 is 0 Å². The summed E-state index contributed by atoms with van der Waals surface area (Å²) in [6.45, 7) is -3.26. The second-order valence-corrected chi connectivity index (χ2v) is 11.7. The van der Waals surface area contributed by atoms with Gasteiger partial charge in [0.1, 0.15) is 5.58 Å². The number of rotatable bonds is 3. The molecule has 0 bridgehead atoms. The van der Waals surface area contributed by atoms with Crippen LogP contribution in [0.4, 0.5) is 0 Å². The van der Waals surface area contributed by atoms with Crippen molar-refractivity contribution < 1.29 is 41.0 Å². The zero-order chi connectivity index (χ0) is 41.7. The van der Waals surface area contributed by atoms with Crippen molar-refractivity contribution in [1.82, 2.24) is 9.97 Å². The molecule has 4 aromatic carbocycles. The molecule has 0 aliphatic carbocycles. The summed E-state index contributed by atoms with van der Waals surface area (Å²) >= 11 is 0. The molecule has 3 heterocycles. The van der Waals surface area contributed by atoms with Crippen LogP contribution in [-0.4, -0.2) is 9.97 Å². The largest absolute Gasteiger partial charge is 0.501 e. The van der Waals surface area contributed by atoms with E-state index in [0.717, 1.165) is 21.9 Å².